The van der Waals surface area contributed by atoms with Gasteiger partial charge in [-0.05, 0) is 178 Å². The smallest absolute Gasteiger partial charge is 0.338 e. The number of piperidine rings is 1. The molecule has 4 saturated heterocycles. The lowest BCUT2D eigenvalue weighted by molar-refractivity contribution is -0.274. The van der Waals surface area contributed by atoms with Gasteiger partial charge in [0.15, 0.2) is 5.79 Å². The molecule has 10 nitrogen and oxygen atoms in total. The minimum Gasteiger partial charge on any atom is -0.462 e. The molecule has 396 valence electrons. The van der Waals surface area contributed by atoms with Crippen molar-refractivity contribution in [3.8, 4) is 0 Å². The Hall–Kier alpha value is -2.92. The van der Waals surface area contributed by atoms with E-state index in [1.165, 1.54) is 54.9 Å². The number of ether oxygens (including phenoxy) is 5. The molecular weight excluding hydrogens is 911 g/mol. The Bertz CT molecular complexity index is 2540. The maximum Gasteiger partial charge on any atom is 0.338 e. The first kappa shape index (κ1) is 48.5. The summed E-state index contributed by atoms with van der Waals surface area (Å²) in [5, 5.41) is 3.94. The third-order valence-electron chi connectivity index (χ3n) is 25.8. The lowest BCUT2D eigenvalue weighted by Gasteiger charge is -2.62. The fourth-order valence-electron chi connectivity index (χ4n) is 22.0. The summed E-state index contributed by atoms with van der Waals surface area (Å²) in [6.45, 7) is 23.1. The number of hydrogen-bond acceptors (Lipinski definition) is 10. The second-order valence-electron chi connectivity index (χ2n) is 28.7. The highest BCUT2D eigenvalue weighted by molar-refractivity contribution is 5.89. The molecule has 1 aromatic heterocycles. The van der Waals surface area contributed by atoms with Crippen LogP contribution in [0.4, 0.5) is 0 Å². The van der Waals surface area contributed by atoms with Crippen LogP contribution in [0.1, 0.15) is 172 Å². The molecule has 0 radical (unpaired) electrons. The largest absolute Gasteiger partial charge is 0.462 e. The number of aromatic nitrogens is 2. The van der Waals surface area contributed by atoms with Crippen LogP contribution in [0, 0.1) is 105 Å². The van der Waals surface area contributed by atoms with E-state index in [0.29, 0.717) is 82.5 Å². The number of nitrogens with zero attached hydrogens (tertiary/aromatic N) is 2. The van der Waals surface area contributed by atoms with E-state index in [-0.39, 0.29) is 69.7 Å². The molecule has 12 aliphatic rings. The predicted molar refractivity (Wildman–Crippen MR) is 277 cm³/mol. The highest BCUT2D eigenvalue weighted by Crippen LogP contribution is 2.74. The molecule has 0 amide bonds. The van der Waals surface area contributed by atoms with E-state index in [1.807, 2.05) is 30.3 Å². The molecule has 2 spiro atoms. The summed E-state index contributed by atoms with van der Waals surface area (Å²) in [7, 11) is 0. The van der Waals surface area contributed by atoms with Gasteiger partial charge in [-0.2, -0.15) is 0 Å². The molecule has 4 aliphatic heterocycles. The standard InChI is InChI=1S/C63H87N3O7/c1-33-19-21-62(64-31-33)35(3)55-51(72-62)25-45-42-18-16-40-24-48-50(30-59(40,7)44(42)28-54(61(45,55)9)71-57(68)38-13-11-10-12-14-38)66-47-23-39-15-17-41-43(58(39,6)29-49(47)65-48)27-53(70-37(5)67)60(8)46(41)26-52-56(60)36(4)63(73-52)22-20-34(2)32-69-63/h10-14,33-36,39-46,51-56,64H,15-32H2,1-9H3/t33-,34-,35+,36+,39+,40+,41-,42-,43+,44+,45+,46+,51+,52+,53-,54-,55+,56+,58+,59+,60-,61-,62-,63-/m1/s1. The molecule has 0 unspecified atom stereocenters. The summed E-state index contributed by atoms with van der Waals surface area (Å²) in [5.74, 6) is 5.54. The molecule has 73 heavy (non-hydrogen) atoms. The Labute approximate surface area is 436 Å². The van der Waals surface area contributed by atoms with Crippen LogP contribution in [0.2, 0.25) is 0 Å². The van der Waals surface area contributed by atoms with Crippen molar-refractivity contribution in [2.45, 2.75) is 201 Å². The molecule has 6 saturated carbocycles. The third-order valence-corrected chi connectivity index (χ3v) is 25.8. The van der Waals surface area contributed by atoms with Gasteiger partial charge in [-0.1, -0.05) is 73.6 Å². The van der Waals surface area contributed by atoms with Crippen LogP contribution in [-0.2, 0) is 54.2 Å². The average Bonchev–Trinajstić information content (AvgIpc) is 4.02. The topological polar surface area (TPSA) is 118 Å². The van der Waals surface area contributed by atoms with E-state index < -0.39 is 5.79 Å². The zero-order valence-corrected chi connectivity index (χ0v) is 45.8. The average molecular weight is 998 g/mol. The van der Waals surface area contributed by atoms with Gasteiger partial charge in [0.2, 0.25) is 0 Å². The van der Waals surface area contributed by atoms with Crippen molar-refractivity contribution in [2.75, 3.05) is 13.2 Å². The van der Waals surface area contributed by atoms with E-state index in [1.54, 1.807) is 6.92 Å². The SMILES string of the molecule is CC(=O)O[C@@H]1C[C@H]2[C@@H](CC[C@H]3Cc4nc5c(nc4C[C@@]32C)C[C@@H]2CC[C@@H]3[C@H](C[C@@H](OC(=O)c4ccccc4)[C@]4(C)[C@@H]6[C@H](C[C@@H]34)O[C@]3(CC[C@@H](C)CN3)[C@H]6C)[C@@]2(C)C5)[C@@H]2C[C@@H]3O[C@]4(CC[C@@H](C)CO4)[C@@H](C)[C@@H]3[C@@]12C. The fourth-order valence-corrected chi connectivity index (χ4v) is 22.0. The number of nitrogens with one attached hydrogen (secondary N) is 1. The Balaban J connectivity index is 0.747. The molecule has 10 heteroatoms. The van der Waals surface area contributed by atoms with Crippen molar-refractivity contribution >= 4 is 11.9 Å². The van der Waals surface area contributed by atoms with Crippen LogP contribution in [0.15, 0.2) is 30.3 Å². The summed E-state index contributed by atoms with van der Waals surface area (Å²) in [6.07, 6.45) is 17.0. The molecule has 1 N–H and O–H groups in total. The minimum atomic E-state index is -0.505. The number of fused-ring (bicyclic) bond motifs is 16. The van der Waals surface area contributed by atoms with Gasteiger partial charge in [0.25, 0.3) is 0 Å². The fraction of sp³-hybridized carbons (Fsp3) is 0.810. The summed E-state index contributed by atoms with van der Waals surface area (Å²) in [4.78, 5) is 39.0. The molecule has 8 aliphatic carbocycles. The van der Waals surface area contributed by atoms with Crippen LogP contribution >= 0.6 is 0 Å². The first-order chi connectivity index (χ1) is 34.9. The van der Waals surface area contributed by atoms with Crippen LogP contribution in [0.3, 0.4) is 0 Å². The summed E-state index contributed by atoms with van der Waals surface area (Å²) >= 11 is 0. The highest BCUT2D eigenvalue weighted by atomic mass is 16.7. The number of hydrogen-bond donors (Lipinski definition) is 1. The van der Waals surface area contributed by atoms with Crippen molar-refractivity contribution in [1.29, 1.82) is 0 Å². The van der Waals surface area contributed by atoms with E-state index >= 15 is 0 Å². The molecule has 5 heterocycles. The van der Waals surface area contributed by atoms with E-state index in [0.717, 1.165) is 83.8 Å². The minimum absolute atomic E-state index is 0.0354. The molecule has 24 atom stereocenters. The Morgan fingerprint density at radius 1 is 0.630 bits per heavy atom. The van der Waals surface area contributed by atoms with Crippen molar-refractivity contribution in [2.24, 2.45) is 105 Å². The maximum atomic E-state index is 14.3. The van der Waals surface area contributed by atoms with Gasteiger partial charge in [-0.15, -0.1) is 0 Å². The number of esters is 2. The first-order valence-corrected chi connectivity index (χ1v) is 29.9. The lowest BCUT2D eigenvalue weighted by Crippen LogP contribution is -2.62. The maximum absolute atomic E-state index is 14.3. The van der Waals surface area contributed by atoms with Crippen molar-refractivity contribution in [3.05, 3.63) is 58.7 Å². The van der Waals surface area contributed by atoms with Gasteiger partial charge in [0.1, 0.15) is 17.9 Å². The molecule has 0 bridgehead atoms. The van der Waals surface area contributed by atoms with Gasteiger partial charge in [-0.25, -0.2) is 4.79 Å². The normalized spacial score (nSPS) is 52.8. The van der Waals surface area contributed by atoms with Gasteiger partial charge in [0, 0.05) is 54.4 Å². The zero-order valence-electron chi connectivity index (χ0n) is 45.8. The van der Waals surface area contributed by atoms with Crippen LogP contribution in [0.5, 0.6) is 0 Å². The van der Waals surface area contributed by atoms with Crippen molar-refractivity contribution in [3.63, 3.8) is 0 Å². The van der Waals surface area contributed by atoms with Crippen LogP contribution in [-0.4, -0.2) is 71.0 Å². The molecule has 14 rings (SSSR count). The quantitative estimate of drug-likeness (QED) is 0.298. The lowest BCUT2D eigenvalue weighted by atomic mass is 9.43. The Morgan fingerprint density at radius 3 is 1.74 bits per heavy atom. The third kappa shape index (κ3) is 6.72. The molecular formula is C63H87N3O7. The summed E-state index contributed by atoms with van der Waals surface area (Å²) in [6, 6.07) is 9.72. The zero-order chi connectivity index (χ0) is 50.4. The van der Waals surface area contributed by atoms with Gasteiger partial charge in [-0.3, -0.25) is 20.1 Å². The van der Waals surface area contributed by atoms with Gasteiger partial charge in [0.05, 0.1) is 47.2 Å². The van der Waals surface area contributed by atoms with Crippen molar-refractivity contribution < 1.29 is 33.3 Å². The van der Waals surface area contributed by atoms with E-state index in [2.05, 4.69) is 60.7 Å². The van der Waals surface area contributed by atoms with E-state index in [4.69, 9.17) is 33.7 Å². The summed E-state index contributed by atoms with van der Waals surface area (Å²) < 4.78 is 34.8. The number of carbonyl (C=O) groups is 2. The summed E-state index contributed by atoms with van der Waals surface area (Å²) in [5.41, 5.74) is 5.11. The van der Waals surface area contributed by atoms with E-state index in [9.17, 15) is 9.59 Å². The molecule has 1 aromatic carbocycles. The monoisotopic (exact) mass is 998 g/mol. The molecule has 2 aromatic rings. The van der Waals surface area contributed by atoms with Crippen LogP contribution in [0.25, 0.3) is 0 Å². The van der Waals surface area contributed by atoms with Crippen molar-refractivity contribution in [1.82, 2.24) is 15.3 Å². The Kier molecular flexibility index (Phi) is 11.0. The Morgan fingerprint density at radius 2 is 1.19 bits per heavy atom. The second kappa shape index (κ2) is 16.6. The van der Waals surface area contributed by atoms with Gasteiger partial charge >= 0.3 is 11.9 Å². The number of carbonyl (C=O) groups excluding carboxylic acids is 2. The molecule has 10 fully saturated rings. The second-order valence-corrected chi connectivity index (χ2v) is 28.7. The number of rotatable bonds is 3. The number of benzene rings is 1. The van der Waals surface area contributed by atoms with Crippen LogP contribution < -0.4 is 5.32 Å². The highest BCUT2D eigenvalue weighted by Gasteiger charge is 2.74. The first-order valence-electron chi connectivity index (χ1n) is 29.9. The van der Waals surface area contributed by atoms with Gasteiger partial charge < -0.3 is 23.7 Å². The predicted octanol–water partition coefficient (Wildman–Crippen LogP) is 11.1.